The number of amides is 1. The number of carbonyl (C=O) groups excluding carboxylic acids is 1. The van der Waals surface area contributed by atoms with E-state index >= 15 is 0 Å². The molecule has 64 heavy (non-hydrogen) atoms. The van der Waals surface area contributed by atoms with Crippen LogP contribution >= 0.6 is 0 Å². The Balaban J connectivity index is 1.76. The maximum absolute atomic E-state index is 13.1. The van der Waals surface area contributed by atoms with E-state index in [0.717, 1.165) is 38.5 Å². The standard InChI is InChI=1S/C50H95NO13/c1-3-5-7-9-11-13-14-15-16-17-18-19-20-21-22-23-24-26-28-30-32-34-42(55)51-38(39(54)33-31-29-27-25-12-10-8-6-4-2)37-61-49-47(60)45(58)48(41(36-53)63-49)64-50-46(59)44(57)43(56)40(35-52)62-50/h31,33,38-41,43-50,52-54,56-60H,3-30,32,34-37H2,1-2H3,(H,51,55)/b33-31+. The van der Waals surface area contributed by atoms with Gasteiger partial charge in [0, 0.05) is 6.42 Å². The molecule has 378 valence electrons. The van der Waals surface area contributed by atoms with Crippen LogP contribution in [0, 0.1) is 0 Å². The molecule has 0 bridgehead atoms. The molecule has 2 saturated heterocycles. The van der Waals surface area contributed by atoms with E-state index in [1.807, 2.05) is 6.08 Å². The van der Waals surface area contributed by atoms with Crippen LogP contribution in [0.5, 0.6) is 0 Å². The SMILES string of the molecule is CCCCCCCCC/C=C/C(O)C(COC1OC(CO)C(OC2OC(CO)C(O)C(O)C2O)C(O)C1O)NC(=O)CCCCCCCCCCCCCCCCCCCCCCC. The summed E-state index contributed by atoms with van der Waals surface area (Å²) in [7, 11) is 0. The summed E-state index contributed by atoms with van der Waals surface area (Å²) in [5, 5.41) is 86.5. The number of nitrogens with one attached hydrogen (secondary N) is 1. The molecule has 9 N–H and O–H groups in total. The van der Waals surface area contributed by atoms with Crippen LogP contribution in [0.25, 0.3) is 0 Å². The first-order valence-electron chi connectivity index (χ1n) is 25.9. The number of aliphatic hydroxyl groups excluding tert-OH is 8. The fourth-order valence-corrected chi connectivity index (χ4v) is 8.70. The number of hydrogen-bond acceptors (Lipinski definition) is 13. The fourth-order valence-electron chi connectivity index (χ4n) is 8.70. The molecule has 14 heteroatoms. The van der Waals surface area contributed by atoms with Crippen molar-refractivity contribution in [1.29, 1.82) is 0 Å². The quantitative estimate of drug-likeness (QED) is 0.0229. The van der Waals surface area contributed by atoms with Crippen molar-refractivity contribution in [1.82, 2.24) is 5.32 Å². The topological polar surface area (TPSA) is 228 Å². The molecule has 0 spiro atoms. The molecule has 14 nitrogen and oxygen atoms in total. The van der Waals surface area contributed by atoms with Crippen molar-refractivity contribution in [2.45, 2.75) is 280 Å². The van der Waals surface area contributed by atoms with Crippen molar-refractivity contribution in [2.75, 3.05) is 19.8 Å². The second kappa shape index (κ2) is 37.7. The molecule has 0 saturated carbocycles. The van der Waals surface area contributed by atoms with Gasteiger partial charge in [0.05, 0.1) is 32.0 Å². The van der Waals surface area contributed by atoms with E-state index in [9.17, 15) is 45.6 Å². The van der Waals surface area contributed by atoms with E-state index in [0.29, 0.717) is 6.42 Å². The van der Waals surface area contributed by atoms with Crippen LogP contribution in [0.15, 0.2) is 12.2 Å². The average molecular weight is 918 g/mol. The van der Waals surface area contributed by atoms with Crippen molar-refractivity contribution in [2.24, 2.45) is 0 Å². The van der Waals surface area contributed by atoms with E-state index in [4.69, 9.17) is 18.9 Å². The molecule has 2 aliphatic rings. The second-order valence-corrected chi connectivity index (χ2v) is 18.7. The molecule has 12 atom stereocenters. The number of allylic oxidation sites excluding steroid dienone is 1. The Morgan fingerprint density at radius 2 is 0.969 bits per heavy atom. The molecule has 0 aromatic rings. The smallest absolute Gasteiger partial charge is 0.220 e. The van der Waals surface area contributed by atoms with Crippen molar-refractivity contribution < 1.29 is 64.6 Å². The van der Waals surface area contributed by atoms with Crippen LogP contribution in [0.2, 0.25) is 0 Å². The van der Waals surface area contributed by atoms with Crippen LogP contribution < -0.4 is 5.32 Å². The first-order valence-corrected chi connectivity index (χ1v) is 25.9. The third kappa shape index (κ3) is 24.7. The highest BCUT2D eigenvalue weighted by molar-refractivity contribution is 5.76. The highest BCUT2D eigenvalue weighted by Crippen LogP contribution is 2.30. The minimum atomic E-state index is -1.78. The Hall–Kier alpha value is -1.27. The molecule has 1 amide bonds. The monoisotopic (exact) mass is 918 g/mol. The predicted molar refractivity (Wildman–Crippen MR) is 249 cm³/mol. The normalized spacial score (nSPS) is 27.3. The lowest BCUT2D eigenvalue weighted by atomic mass is 9.97. The first-order chi connectivity index (χ1) is 31.1. The molecule has 0 aromatic carbocycles. The number of rotatable bonds is 40. The van der Waals surface area contributed by atoms with Gasteiger partial charge in [-0.05, 0) is 19.3 Å². The second-order valence-electron chi connectivity index (χ2n) is 18.7. The molecule has 0 aliphatic carbocycles. The number of ether oxygens (including phenoxy) is 4. The van der Waals surface area contributed by atoms with Gasteiger partial charge in [0.25, 0.3) is 0 Å². The maximum Gasteiger partial charge on any atom is 0.220 e. The lowest BCUT2D eigenvalue weighted by Gasteiger charge is -2.46. The van der Waals surface area contributed by atoms with Crippen LogP contribution in [0.3, 0.4) is 0 Å². The van der Waals surface area contributed by atoms with Gasteiger partial charge in [0.15, 0.2) is 12.6 Å². The Kier molecular flexibility index (Phi) is 34.7. The van der Waals surface area contributed by atoms with Gasteiger partial charge in [0.1, 0.15) is 48.8 Å². The lowest BCUT2D eigenvalue weighted by molar-refractivity contribution is -0.359. The van der Waals surface area contributed by atoms with Gasteiger partial charge in [-0.1, -0.05) is 193 Å². The van der Waals surface area contributed by atoms with Gasteiger partial charge in [-0.2, -0.15) is 0 Å². The summed E-state index contributed by atoms with van der Waals surface area (Å²) in [6, 6.07) is -0.906. The molecular formula is C50H95NO13. The molecule has 2 heterocycles. The van der Waals surface area contributed by atoms with Gasteiger partial charge in [-0.3, -0.25) is 4.79 Å². The molecule has 12 unspecified atom stereocenters. The minimum Gasteiger partial charge on any atom is -0.394 e. The van der Waals surface area contributed by atoms with E-state index in [-0.39, 0.29) is 18.9 Å². The zero-order valence-corrected chi connectivity index (χ0v) is 40.0. The maximum atomic E-state index is 13.1. The third-order valence-corrected chi connectivity index (χ3v) is 13.0. The van der Waals surface area contributed by atoms with Crippen LogP contribution in [0.4, 0.5) is 0 Å². The Labute approximate surface area is 386 Å². The van der Waals surface area contributed by atoms with Crippen molar-refractivity contribution in [3.8, 4) is 0 Å². The zero-order chi connectivity index (χ0) is 46.8. The summed E-state index contributed by atoms with van der Waals surface area (Å²) in [6.07, 6.45) is 22.7. The van der Waals surface area contributed by atoms with Gasteiger partial charge >= 0.3 is 0 Å². The van der Waals surface area contributed by atoms with Gasteiger partial charge in [0.2, 0.25) is 5.91 Å². The Bertz CT molecular complexity index is 1130. The minimum absolute atomic E-state index is 0.239. The van der Waals surface area contributed by atoms with E-state index < -0.39 is 86.8 Å². The van der Waals surface area contributed by atoms with E-state index in [1.165, 1.54) is 141 Å². The Morgan fingerprint density at radius 3 is 1.44 bits per heavy atom. The van der Waals surface area contributed by atoms with E-state index in [2.05, 4.69) is 19.2 Å². The highest BCUT2D eigenvalue weighted by Gasteiger charge is 2.51. The third-order valence-electron chi connectivity index (χ3n) is 13.0. The summed E-state index contributed by atoms with van der Waals surface area (Å²) < 4.78 is 22.6. The number of hydrogen-bond donors (Lipinski definition) is 9. The average Bonchev–Trinajstić information content (AvgIpc) is 3.29. The van der Waals surface area contributed by atoms with Crippen molar-refractivity contribution in [3.05, 3.63) is 12.2 Å². The first kappa shape index (κ1) is 58.9. The fraction of sp³-hybridized carbons (Fsp3) is 0.940. The van der Waals surface area contributed by atoms with Crippen LogP contribution in [-0.2, 0) is 23.7 Å². The molecule has 2 rings (SSSR count). The summed E-state index contributed by atoms with van der Waals surface area (Å²) in [5.74, 6) is -0.239. The number of aliphatic hydroxyl groups is 8. The van der Waals surface area contributed by atoms with Crippen molar-refractivity contribution in [3.63, 3.8) is 0 Å². The molecule has 0 aromatic heterocycles. The van der Waals surface area contributed by atoms with Gasteiger partial charge in [-0.15, -0.1) is 0 Å². The Morgan fingerprint density at radius 1 is 0.547 bits per heavy atom. The van der Waals surface area contributed by atoms with Gasteiger partial charge < -0.3 is 65.1 Å². The molecule has 2 fully saturated rings. The zero-order valence-electron chi connectivity index (χ0n) is 40.0. The summed E-state index contributed by atoms with van der Waals surface area (Å²) in [4.78, 5) is 13.1. The number of unbranched alkanes of at least 4 members (excludes halogenated alkanes) is 27. The summed E-state index contributed by atoms with van der Waals surface area (Å²) in [6.45, 7) is 2.76. The predicted octanol–water partition coefficient (Wildman–Crippen LogP) is 6.77. The van der Waals surface area contributed by atoms with Gasteiger partial charge in [-0.25, -0.2) is 0 Å². The number of carbonyl (C=O) groups is 1. The largest absolute Gasteiger partial charge is 0.394 e. The van der Waals surface area contributed by atoms with E-state index in [1.54, 1.807) is 6.08 Å². The summed E-state index contributed by atoms with van der Waals surface area (Å²) in [5.41, 5.74) is 0. The molecular weight excluding hydrogens is 823 g/mol. The van der Waals surface area contributed by atoms with Crippen molar-refractivity contribution >= 4 is 5.91 Å². The molecule has 0 radical (unpaired) electrons. The van der Waals surface area contributed by atoms with Crippen LogP contribution in [-0.4, -0.2) is 140 Å². The summed E-state index contributed by atoms with van der Waals surface area (Å²) >= 11 is 0. The lowest BCUT2D eigenvalue weighted by Crippen LogP contribution is -2.65. The molecule has 2 aliphatic heterocycles. The van der Waals surface area contributed by atoms with Crippen LogP contribution in [0.1, 0.15) is 206 Å². The highest BCUT2D eigenvalue weighted by atomic mass is 16.7.